The Morgan fingerprint density at radius 3 is 2.55 bits per heavy atom. The second kappa shape index (κ2) is 6.73. The van der Waals surface area contributed by atoms with Crippen molar-refractivity contribution >= 4 is 0 Å². The summed E-state index contributed by atoms with van der Waals surface area (Å²) in [5.74, 6) is 0. The van der Waals surface area contributed by atoms with Gasteiger partial charge >= 0.3 is 0 Å². The van der Waals surface area contributed by atoms with E-state index in [4.69, 9.17) is 9.47 Å². The molecule has 1 atom stereocenters. The first-order valence-electron chi connectivity index (χ1n) is 8.01. The van der Waals surface area contributed by atoms with E-state index in [0.717, 1.165) is 58.6 Å². The Labute approximate surface area is 124 Å². The Bertz CT molecular complexity index is 293. The van der Waals surface area contributed by atoms with Gasteiger partial charge in [-0.05, 0) is 45.2 Å². The van der Waals surface area contributed by atoms with Crippen molar-refractivity contribution < 1.29 is 9.47 Å². The summed E-state index contributed by atoms with van der Waals surface area (Å²) in [6.07, 6.45) is 4.41. The first-order valence-corrected chi connectivity index (χ1v) is 8.01. The molecule has 0 radical (unpaired) electrons. The van der Waals surface area contributed by atoms with E-state index in [2.05, 4.69) is 38.2 Å². The lowest BCUT2D eigenvalue weighted by atomic mass is 9.83. The lowest BCUT2D eigenvalue weighted by Crippen LogP contribution is -2.51. The summed E-state index contributed by atoms with van der Waals surface area (Å²) in [5.41, 5.74) is 0.407. The molecule has 2 saturated heterocycles. The van der Waals surface area contributed by atoms with Crippen LogP contribution in [0.2, 0.25) is 0 Å². The minimum absolute atomic E-state index is 0.0971. The van der Waals surface area contributed by atoms with Gasteiger partial charge in [0.05, 0.1) is 5.60 Å². The lowest BCUT2D eigenvalue weighted by molar-refractivity contribution is -0.140. The zero-order valence-electron chi connectivity index (χ0n) is 13.7. The highest BCUT2D eigenvalue weighted by Gasteiger charge is 2.39. The maximum Gasteiger partial charge on any atom is 0.0741 e. The molecule has 2 aliphatic rings. The summed E-state index contributed by atoms with van der Waals surface area (Å²) in [6, 6.07) is 0.600. The normalized spacial score (nSPS) is 27.1. The number of nitrogens with one attached hydrogen (secondary N) is 1. The number of nitrogens with zero attached hydrogens (tertiary/aromatic N) is 1. The number of rotatable bonds is 5. The molecule has 20 heavy (non-hydrogen) atoms. The topological polar surface area (TPSA) is 33.7 Å². The van der Waals surface area contributed by atoms with Crippen molar-refractivity contribution in [2.75, 3.05) is 47.0 Å². The Hall–Kier alpha value is -0.160. The average molecular weight is 284 g/mol. The third kappa shape index (κ3) is 4.69. The Balaban J connectivity index is 1.81. The smallest absolute Gasteiger partial charge is 0.0741 e. The summed E-state index contributed by atoms with van der Waals surface area (Å²) in [4.78, 5) is 2.27. The second-order valence-corrected chi connectivity index (χ2v) is 7.62. The van der Waals surface area contributed by atoms with Gasteiger partial charge in [-0.2, -0.15) is 0 Å². The molecule has 118 valence electrons. The van der Waals surface area contributed by atoms with Gasteiger partial charge in [0.1, 0.15) is 0 Å². The first kappa shape index (κ1) is 16.2. The fourth-order valence-corrected chi connectivity index (χ4v) is 3.63. The summed E-state index contributed by atoms with van der Waals surface area (Å²) in [5, 5.41) is 3.79. The molecule has 1 N–H and O–H groups in total. The molecule has 2 heterocycles. The average Bonchev–Trinajstić information content (AvgIpc) is 2.36. The summed E-state index contributed by atoms with van der Waals surface area (Å²) < 4.78 is 11.6. The monoisotopic (exact) mass is 284 g/mol. The zero-order chi connectivity index (χ0) is 14.6. The van der Waals surface area contributed by atoms with Crippen LogP contribution in [0.4, 0.5) is 0 Å². The SMILES string of the molecule is CN(C)CC(C)(C)CNC1CCOC2(CCOCC2)C1. The predicted molar refractivity (Wildman–Crippen MR) is 82.1 cm³/mol. The maximum absolute atomic E-state index is 6.10. The molecule has 4 heteroatoms. The van der Waals surface area contributed by atoms with Crippen LogP contribution in [0.15, 0.2) is 0 Å². The first-order chi connectivity index (χ1) is 9.41. The van der Waals surface area contributed by atoms with E-state index in [1.54, 1.807) is 0 Å². The number of ether oxygens (including phenoxy) is 2. The fourth-order valence-electron chi connectivity index (χ4n) is 3.63. The highest BCUT2D eigenvalue weighted by atomic mass is 16.5. The van der Waals surface area contributed by atoms with Crippen LogP contribution in [0.3, 0.4) is 0 Å². The highest BCUT2D eigenvalue weighted by Crippen LogP contribution is 2.34. The van der Waals surface area contributed by atoms with Gasteiger partial charge in [0.2, 0.25) is 0 Å². The van der Waals surface area contributed by atoms with Crippen molar-refractivity contribution in [3.63, 3.8) is 0 Å². The molecule has 2 rings (SSSR count). The largest absolute Gasteiger partial charge is 0.381 e. The van der Waals surface area contributed by atoms with E-state index < -0.39 is 0 Å². The molecule has 0 saturated carbocycles. The summed E-state index contributed by atoms with van der Waals surface area (Å²) >= 11 is 0. The van der Waals surface area contributed by atoms with E-state index in [9.17, 15) is 0 Å². The van der Waals surface area contributed by atoms with Crippen molar-refractivity contribution in [3.05, 3.63) is 0 Å². The van der Waals surface area contributed by atoms with Gasteiger partial charge in [-0.25, -0.2) is 0 Å². The molecule has 2 aliphatic heterocycles. The highest BCUT2D eigenvalue weighted by molar-refractivity contribution is 4.92. The molecule has 0 aliphatic carbocycles. The molecule has 4 nitrogen and oxygen atoms in total. The van der Waals surface area contributed by atoms with Gasteiger partial charge in [0.15, 0.2) is 0 Å². The standard InChI is InChI=1S/C16H32N2O2/c1-15(2,13-18(3)4)12-17-14-5-8-20-16(11-14)6-9-19-10-7-16/h14,17H,5-13H2,1-4H3. The summed E-state index contributed by atoms with van der Waals surface area (Å²) in [7, 11) is 4.29. The molecular weight excluding hydrogens is 252 g/mol. The van der Waals surface area contributed by atoms with Gasteiger partial charge in [0, 0.05) is 39.0 Å². The van der Waals surface area contributed by atoms with Crippen molar-refractivity contribution in [1.82, 2.24) is 10.2 Å². The van der Waals surface area contributed by atoms with Crippen molar-refractivity contribution in [2.24, 2.45) is 5.41 Å². The fraction of sp³-hybridized carbons (Fsp3) is 1.00. The predicted octanol–water partition coefficient (Wildman–Crippen LogP) is 1.89. The molecule has 0 amide bonds. The Morgan fingerprint density at radius 2 is 1.90 bits per heavy atom. The van der Waals surface area contributed by atoms with Crippen LogP contribution in [-0.2, 0) is 9.47 Å². The van der Waals surface area contributed by atoms with Gasteiger partial charge in [-0.15, -0.1) is 0 Å². The molecule has 0 aromatic heterocycles. The van der Waals surface area contributed by atoms with E-state index >= 15 is 0 Å². The van der Waals surface area contributed by atoms with Crippen LogP contribution >= 0.6 is 0 Å². The summed E-state index contributed by atoms with van der Waals surface area (Å²) in [6.45, 7) is 9.47. The van der Waals surface area contributed by atoms with Crippen LogP contribution < -0.4 is 5.32 Å². The minimum atomic E-state index is 0.0971. The number of hydrogen-bond donors (Lipinski definition) is 1. The van der Waals surface area contributed by atoms with Crippen molar-refractivity contribution in [3.8, 4) is 0 Å². The van der Waals surface area contributed by atoms with E-state index in [1.807, 2.05) is 0 Å². The lowest BCUT2D eigenvalue weighted by Gasteiger charge is -2.44. The van der Waals surface area contributed by atoms with Crippen LogP contribution in [0.1, 0.15) is 39.5 Å². The van der Waals surface area contributed by atoms with Gasteiger partial charge in [0.25, 0.3) is 0 Å². The number of hydrogen-bond acceptors (Lipinski definition) is 4. The van der Waals surface area contributed by atoms with E-state index in [-0.39, 0.29) is 5.60 Å². The molecule has 0 aromatic carbocycles. The maximum atomic E-state index is 6.10. The molecule has 0 bridgehead atoms. The van der Waals surface area contributed by atoms with Crippen molar-refractivity contribution in [1.29, 1.82) is 0 Å². The molecular formula is C16H32N2O2. The third-order valence-electron chi connectivity index (χ3n) is 4.51. The molecule has 1 spiro atoms. The van der Waals surface area contributed by atoms with Gasteiger partial charge in [-0.3, -0.25) is 0 Å². The third-order valence-corrected chi connectivity index (χ3v) is 4.51. The van der Waals surface area contributed by atoms with E-state index in [0.29, 0.717) is 11.5 Å². The Kier molecular flexibility index (Phi) is 5.46. The van der Waals surface area contributed by atoms with Crippen LogP contribution in [0.25, 0.3) is 0 Å². The van der Waals surface area contributed by atoms with Crippen LogP contribution in [-0.4, -0.2) is 63.5 Å². The van der Waals surface area contributed by atoms with Gasteiger partial charge < -0.3 is 19.7 Å². The molecule has 0 aromatic rings. The second-order valence-electron chi connectivity index (χ2n) is 7.62. The molecule has 2 fully saturated rings. The van der Waals surface area contributed by atoms with Crippen molar-refractivity contribution in [2.45, 2.75) is 51.2 Å². The van der Waals surface area contributed by atoms with Gasteiger partial charge in [-0.1, -0.05) is 13.8 Å². The van der Waals surface area contributed by atoms with Crippen LogP contribution in [0.5, 0.6) is 0 Å². The van der Waals surface area contributed by atoms with E-state index in [1.165, 1.54) is 0 Å². The minimum Gasteiger partial charge on any atom is -0.381 e. The zero-order valence-corrected chi connectivity index (χ0v) is 13.7. The Morgan fingerprint density at radius 1 is 1.20 bits per heavy atom. The quantitative estimate of drug-likeness (QED) is 0.836. The van der Waals surface area contributed by atoms with Crippen LogP contribution in [0, 0.1) is 5.41 Å². The molecule has 1 unspecified atom stereocenters.